The minimum absolute atomic E-state index is 0.218. The molecule has 3 heteroatoms. The molecule has 0 aliphatic heterocycles. The molecule has 3 N–H and O–H groups in total. The standard InChI is InChI=1S/C9H13NOS/c10-7-4-9(11,5-7)6-8-2-1-3-12-8/h1-3,7,11H,4-6,10H2. The molecule has 1 saturated carbocycles. The zero-order valence-electron chi connectivity index (χ0n) is 6.86. The molecular formula is C9H13NOS. The summed E-state index contributed by atoms with van der Waals surface area (Å²) in [5.74, 6) is 0. The van der Waals surface area contributed by atoms with Crippen LogP contribution in [0, 0.1) is 0 Å². The fraction of sp³-hybridized carbons (Fsp3) is 0.556. The molecule has 2 nitrogen and oxygen atoms in total. The molecule has 66 valence electrons. The van der Waals surface area contributed by atoms with E-state index in [0.717, 1.165) is 19.3 Å². The molecule has 1 fully saturated rings. The SMILES string of the molecule is NC1CC(O)(Cc2cccs2)C1. The number of rotatable bonds is 2. The van der Waals surface area contributed by atoms with Gasteiger partial charge < -0.3 is 10.8 Å². The summed E-state index contributed by atoms with van der Waals surface area (Å²) in [4.78, 5) is 1.25. The Morgan fingerprint density at radius 3 is 2.92 bits per heavy atom. The van der Waals surface area contributed by atoms with Gasteiger partial charge in [0.15, 0.2) is 0 Å². The first kappa shape index (κ1) is 8.23. The van der Waals surface area contributed by atoms with Crippen LogP contribution in [-0.4, -0.2) is 16.7 Å². The second kappa shape index (κ2) is 2.83. The van der Waals surface area contributed by atoms with E-state index in [4.69, 9.17) is 5.73 Å². The molecule has 0 bridgehead atoms. The van der Waals surface area contributed by atoms with Crippen molar-refractivity contribution in [1.82, 2.24) is 0 Å². The van der Waals surface area contributed by atoms with Crippen LogP contribution in [0.3, 0.4) is 0 Å². The van der Waals surface area contributed by atoms with Crippen molar-refractivity contribution in [1.29, 1.82) is 0 Å². The van der Waals surface area contributed by atoms with Crippen molar-refractivity contribution in [2.24, 2.45) is 5.73 Å². The summed E-state index contributed by atoms with van der Waals surface area (Å²) < 4.78 is 0. The van der Waals surface area contributed by atoms with Gasteiger partial charge in [0.05, 0.1) is 5.60 Å². The Labute approximate surface area is 76.0 Å². The number of thiophene rings is 1. The van der Waals surface area contributed by atoms with Crippen molar-refractivity contribution >= 4 is 11.3 Å². The van der Waals surface area contributed by atoms with Crippen molar-refractivity contribution in [3.63, 3.8) is 0 Å². The normalized spacial score (nSPS) is 34.7. The molecule has 1 aliphatic carbocycles. The van der Waals surface area contributed by atoms with E-state index in [1.807, 2.05) is 11.4 Å². The second-order valence-corrected chi connectivity index (χ2v) is 4.68. The van der Waals surface area contributed by atoms with Crippen LogP contribution >= 0.6 is 11.3 Å². The summed E-state index contributed by atoms with van der Waals surface area (Å²) in [7, 11) is 0. The molecule has 0 spiro atoms. The van der Waals surface area contributed by atoms with Gasteiger partial charge in [-0.05, 0) is 24.3 Å². The van der Waals surface area contributed by atoms with Crippen LogP contribution in [0.5, 0.6) is 0 Å². The van der Waals surface area contributed by atoms with Crippen molar-refractivity contribution in [3.05, 3.63) is 22.4 Å². The van der Waals surface area contributed by atoms with Crippen LogP contribution in [0.1, 0.15) is 17.7 Å². The second-order valence-electron chi connectivity index (χ2n) is 3.65. The first-order chi connectivity index (χ1) is 5.68. The molecule has 0 aromatic carbocycles. The van der Waals surface area contributed by atoms with Gasteiger partial charge in [-0.1, -0.05) is 6.07 Å². The number of hydrogen-bond donors (Lipinski definition) is 2. The quantitative estimate of drug-likeness (QED) is 0.722. The largest absolute Gasteiger partial charge is 0.389 e. The smallest absolute Gasteiger partial charge is 0.0725 e. The number of nitrogens with two attached hydrogens (primary N) is 1. The molecule has 1 aromatic heterocycles. The average Bonchev–Trinajstić information content (AvgIpc) is 2.36. The highest BCUT2D eigenvalue weighted by molar-refractivity contribution is 7.09. The Bertz CT molecular complexity index is 252. The van der Waals surface area contributed by atoms with Crippen LogP contribution < -0.4 is 5.73 Å². The van der Waals surface area contributed by atoms with Gasteiger partial charge in [-0.15, -0.1) is 11.3 Å². The Kier molecular flexibility index (Phi) is 1.94. The van der Waals surface area contributed by atoms with E-state index >= 15 is 0 Å². The van der Waals surface area contributed by atoms with Gasteiger partial charge in [0, 0.05) is 17.3 Å². The Morgan fingerprint density at radius 1 is 1.67 bits per heavy atom. The summed E-state index contributed by atoms with van der Waals surface area (Å²) in [6, 6.07) is 4.30. The Balaban J connectivity index is 1.96. The van der Waals surface area contributed by atoms with Crippen molar-refractivity contribution in [2.45, 2.75) is 30.9 Å². The fourth-order valence-corrected chi connectivity index (χ4v) is 2.64. The number of hydrogen-bond acceptors (Lipinski definition) is 3. The predicted octanol–water partition coefficient (Wildman–Crippen LogP) is 1.14. The van der Waals surface area contributed by atoms with Crippen LogP contribution in [0.15, 0.2) is 17.5 Å². The van der Waals surface area contributed by atoms with E-state index in [1.54, 1.807) is 11.3 Å². The zero-order valence-corrected chi connectivity index (χ0v) is 7.68. The maximum atomic E-state index is 9.88. The monoisotopic (exact) mass is 183 g/mol. The van der Waals surface area contributed by atoms with E-state index in [0.29, 0.717) is 0 Å². The maximum Gasteiger partial charge on any atom is 0.0725 e. The lowest BCUT2D eigenvalue weighted by atomic mass is 9.74. The first-order valence-corrected chi connectivity index (χ1v) is 5.06. The third-order valence-corrected chi connectivity index (χ3v) is 3.24. The maximum absolute atomic E-state index is 9.88. The van der Waals surface area contributed by atoms with Gasteiger partial charge in [-0.3, -0.25) is 0 Å². The third-order valence-electron chi connectivity index (χ3n) is 2.37. The summed E-state index contributed by atoms with van der Waals surface area (Å²) >= 11 is 1.70. The summed E-state index contributed by atoms with van der Waals surface area (Å²) in [5, 5.41) is 11.9. The van der Waals surface area contributed by atoms with Crippen LogP contribution in [-0.2, 0) is 6.42 Å². The van der Waals surface area contributed by atoms with E-state index in [9.17, 15) is 5.11 Å². The molecule has 1 heterocycles. The van der Waals surface area contributed by atoms with Crippen LogP contribution in [0.4, 0.5) is 0 Å². The van der Waals surface area contributed by atoms with Crippen molar-refractivity contribution in [3.8, 4) is 0 Å². The summed E-state index contributed by atoms with van der Waals surface area (Å²) in [6.45, 7) is 0. The lowest BCUT2D eigenvalue weighted by Crippen LogP contribution is -2.52. The minimum Gasteiger partial charge on any atom is -0.389 e. The highest BCUT2D eigenvalue weighted by Gasteiger charge is 2.40. The zero-order chi connectivity index (χ0) is 8.60. The minimum atomic E-state index is -0.496. The van der Waals surface area contributed by atoms with Crippen LogP contribution in [0.25, 0.3) is 0 Å². The van der Waals surface area contributed by atoms with E-state index in [1.165, 1.54) is 4.88 Å². The van der Waals surface area contributed by atoms with Gasteiger partial charge in [0.1, 0.15) is 0 Å². The molecule has 2 rings (SSSR count). The van der Waals surface area contributed by atoms with Gasteiger partial charge in [0.25, 0.3) is 0 Å². The molecule has 0 amide bonds. The first-order valence-electron chi connectivity index (χ1n) is 4.18. The fourth-order valence-electron chi connectivity index (χ4n) is 1.80. The van der Waals surface area contributed by atoms with Gasteiger partial charge in [-0.2, -0.15) is 0 Å². The predicted molar refractivity (Wildman–Crippen MR) is 50.2 cm³/mol. The molecule has 0 radical (unpaired) electrons. The lowest BCUT2D eigenvalue weighted by molar-refractivity contribution is -0.0448. The molecule has 1 aromatic rings. The summed E-state index contributed by atoms with van der Waals surface area (Å²) in [5.41, 5.74) is 5.13. The van der Waals surface area contributed by atoms with Gasteiger partial charge in [0.2, 0.25) is 0 Å². The molecule has 0 saturated heterocycles. The van der Waals surface area contributed by atoms with Gasteiger partial charge >= 0.3 is 0 Å². The highest BCUT2D eigenvalue weighted by atomic mass is 32.1. The molecule has 1 aliphatic rings. The van der Waals surface area contributed by atoms with Crippen LogP contribution in [0.2, 0.25) is 0 Å². The Hall–Kier alpha value is -0.380. The molecular weight excluding hydrogens is 170 g/mol. The number of aliphatic hydroxyl groups is 1. The highest BCUT2D eigenvalue weighted by Crippen LogP contribution is 2.34. The molecule has 12 heavy (non-hydrogen) atoms. The van der Waals surface area contributed by atoms with E-state index < -0.39 is 5.60 Å². The Morgan fingerprint density at radius 2 is 2.42 bits per heavy atom. The van der Waals surface area contributed by atoms with Crippen molar-refractivity contribution in [2.75, 3.05) is 0 Å². The molecule has 0 unspecified atom stereocenters. The topological polar surface area (TPSA) is 46.2 Å². The van der Waals surface area contributed by atoms with Gasteiger partial charge in [-0.25, -0.2) is 0 Å². The summed E-state index contributed by atoms with van der Waals surface area (Å²) in [6.07, 6.45) is 2.29. The molecule has 0 atom stereocenters. The average molecular weight is 183 g/mol. The lowest BCUT2D eigenvalue weighted by Gasteiger charge is -2.41. The third kappa shape index (κ3) is 1.53. The van der Waals surface area contributed by atoms with E-state index in [2.05, 4.69) is 6.07 Å². The van der Waals surface area contributed by atoms with E-state index in [-0.39, 0.29) is 6.04 Å². The van der Waals surface area contributed by atoms with Crippen molar-refractivity contribution < 1.29 is 5.11 Å².